The van der Waals surface area contributed by atoms with Gasteiger partial charge in [-0.3, -0.25) is 19.8 Å². The predicted octanol–water partition coefficient (Wildman–Crippen LogP) is 1.07. The second-order valence-corrected chi connectivity index (χ2v) is 5.34. The zero-order chi connectivity index (χ0) is 14.7. The number of aromatic amines is 1. The molecular weight excluding hydrogens is 266 g/mol. The molecule has 3 heterocycles. The summed E-state index contributed by atoms with van der Waals surface area (Å²) in [6.45, 7) is 6.04. The highest BCUT2D eigenvalue weighted by atomic mass is 16.2. The Morgan fingerprint density at radius 3 is 2.71 bits per heavy atom. The van der Waals surface area contributed by atoms with Gasteiger partial charge in [0.25, 0.3) is 5.91 Å². The Bertz CT molecular complexity index is 602. The fourth-order valence-electron chi connectivity index (χ4n) is 2.60. The average Bonchev–Trinajstić information content (AvgIpc) is 2.94. The van der Waals surface area contributed by atoms with Crippen molar-refractivity contribution < 1.29 is 4.79 Å². The van der Waals surface area contributed by atoms with Crippen molar-refractivity contribution in [3.05, 3.63) is 47.5 Å². The van der Waals surface area contributed by atoms with Crippen molar-refractivity contribution in [1.29, 1.82) is 0 Å². The van der Waals surface area contributed by atoms with Crippen LogP contribution >= 0.6 is 0 Å². The van der Waals surface area contributed by atoms with E-state index >= 15 is 0 Å². The largest absolute Gasteiger partial charge is 0.336 e. The molecule has 0 bridgehead atoms. The van der Waals surface area contributed by atoms with Gasteiger partial charge >= 0.3 is 0 Å². The molecule has 0 atom stereocenters. The molecule has 1 fully saturated rings. The third-order valence-electron chi connectivity index (χ3n) is 3.85. The minimum Gasteiger partial charge on any atom is -0.336 e. The fourth-order valence-corrected chi connectivity index (χ4v) is 2.60. The number of nitrogens with one attached hydrogen (secondary N) is 1. The molecule has 1 N–H and O–H groups in total. The first-order valence-corrected chi connectivity index (χ1v) is 7.14. The molecule has 110 valence electrons. The first-order valence-electron chi connectivity index (χ1n) is 7.14. The first kappa shape index (κ1) is 13.8. The topological polar surface area (TPSA) is 65.1 Å². The van der Waals surface area contributed by atoms with E-state index in [9.17, 15) is 4.79 Å². The molecule has 0 unspecified atom stereocenters. The molecule has 0 radical (unpaired) electrons. The third-order valence-corrected chi connectivity index (χ3v) is 3.85. The van der Waals surface area contributed by atoms with Crippen LogP contribution in [-0.2, 0) is 6.54 Å². The van der Waals surface area contributed by atoms with Crippen LogP contribution in [0.1, 0.15) is 21.6 Å². The summed E-state index contributed by atoms with van der Waals surface area (Å²) in [5, 5.41) is 6.73. The number of nitrogens with zero attached hydrogens (tertiary/aromatic N) is 4. The Kier molecular flexibility index (Phi) is 3.96. The maximum absolute atomic E-state index is 12.4. The maximum Gasteiger partial charge on any atom is 0.257 e. The van der Waals surface area contributed by atoms with Gasteiger partial charge in [-0.15, -0.1) is 0 Å². The summed E-state index contributed by atoms with van der Waals surface area (Å²) in [6.07, 6.45) is 5.29. The molecule has 6 heteroatoms. The summed E-state index contributed by atoms with van der Waals surface area (Å²) in [7, 11) is 0. The van der Waals surface area contributed by atoms with Crippen LogP contribution in [0.5, 0.6) is 0 Å². The van der Waals surface area contributed by atoms with Gasteiger partial charge in [0.15, 0.2) is 0 Å². The molecule has 0 aliphatic carbocycles. The lowest BCUT2D eigenvalue weighted by atomic mass is 10.2. The van der Waals surface area contributed by atoms with E-state index in [1.54, 1.807) is 12.4 Å². The van der Waals surface area contributed by atoms with E-state index in [0.29, 0.717) is 5.56 Å². The van der Waals surface area contributed by atoms with Crippen LogP contribution in [0.4, 0.5) is 0 Å². The highest BCUT2D eigenvalue weighted by Gasteiger charge is 2.23. The van der Waals surface area contributed by atoms with E-state index < -0.39 is 0 Å². The number of aromatic nitrogens is 3. The predicted molar refractivity (Wildman–Crippen MR) is 78.7 cm³/mol. The molecule has 1 amide bonds. The molecule has 0 saturated carbocycles. The van der Waals surface area contributed by atoms with Gasteiger partial charge in [0, 0.05) is 50.8 Å². The number of amides is 1. The number of hydrogen-bond donors (Lipinski definition) is 1. The van der Waals surface area contributed by atoms with Crippen molar-refractivity contribution in [3.63, 3.8) is 0 Å². The van der Waals surface area contributed by atoms with Crippen LogP contribution in [0.2, 0.25) is 0 Å². The van der Waals surface area contributed by atoms with E-state index in [1.807, 2.05) is 24.1 Å². The SMILES string of the molecule is Cc1[nH]ncc1C(=O)N1CCN(Cc2cccnc2)CC1. The molecule has 6 nitrogen and oxygen atoms in total. The summed E-state index contributed by atoms with van der Waals surface area (Å²) in [5.74, 6) is 0.0716. The van der Waals surface area contributed by atoms with Crippen LogP contribution in [-0.4, -0.2) is 57.1 Å². The molecule has 1 saturated heterocycles. The lowest BCUT2D eigenvalue weighted by Gasteiger charge is -2.34. The Balaban J connectivity index is 1.56. The van der Waals surface area contributed by atoms with Crippen molar-refractivity contribution in [2.75, 3.05) is 26.2 Å². The Labute approximate surface area is 123 Å². The van der Waals surface area contributed by atoms with Crippen LogP contribution in [0.15, 0.2) is 30.7 Å². The van der Waals surface area contributed by atoms with E-state index in [1.165, 1.54) is 5.56 Å². The fraction of sp³-hybridized carbons (Fsp3) is 0.400. The maximum atomic E-state index is 12.4. The van der Waals surface area contributed by atoms with E-state index in [0.717, 1.165) is 38.4 Å². The molecule has 1 aliphatic heterocycles. The molecule has 3 rings (SSSR count). The Morgan fingerprint density at radius 1 is 1.29 bits per heavy atom. The summed E-state index contributed by atoms with van der Waals surface area (Å²) in [6, 6.07) is 4.04. The summed E-state index contributed by atoms with van der Waals surface area (Å²) >= 11 is 0. The number of carbonyl (C=O) groups is 1. The number of pyridine rings is 1. The Hall–Kier alpha value is -2.21. The van der Waals surface area contributed by atoms with Crippen molar-refractivity contribution >= 4 is 5.91 Å². The van der Waals surface area contributed by atoms with Crippen LogP contribution in [0.3, 0.4) is 0 Å². The highest BCUT2D eigenvalue weighted by Crippen LogP contribution is 2.12. The smallest absolute Gasteiger partial charge is 0.257 e. The molecule has 2 aromatic heterocycles. The van der Waals surface area contributed by atoms with Crippen LogP contribution < -0.4 is 0 Å². The minimum absolute atomic E-state index is 0.0716. The summed E-state index contributed by atoms with van der Waals surface area (Å²) in [4.78, 5) is 20.8. The first-order chi connectivity index (χ1) is 10.2. The van der Waals surface area contributed by atoms with Crippen molar-refractivity contribution in [3.8, 4) is 0 Å². The zero-order valence-electron chi connectivity index (χ0n) is 12.1. The second-order valence-electron chi connectivity index (χ2n) is 5.34. The van der Waals surface area contributed by atoms with Gasteiger partial charge in [-0.2, -0.15) is 5.10 Å². The van der Waals surface area contributed by atoms with Gasteiger partial charge in [-0.1, -0.05) is 6.07 Å². The number of rotatable bonds is 3. The molecule has 0 spiro atoms. The normalized spacial score (nSPS) is 16.1. The number of aryl methyl sites for hydroxylation is 1. The quantitative estimate of drug-likeness (QED) is 0.916. The van der Waals surface area contributed by atoms with Gasteiger partial charge in [-0.25, -0.2) is 0 Å². The number of carbonyl (C=O) groups excluding carboxylic acids is 1. The second kappa shape index (κ2) is 6.05. The van der Waals surface area contributed by atoms with Crippen molar-refractivity contribution in [1.82, 2.24) is 25.0 Å². The number of H-pyrrole nitrogens is 1. The van der Waals surface area contributed by atoms with Gasteiger partial charge in [0.1, 0.15) is 0 Å². The third kappa shape index (κ3) is 3.11. The summed E-state index contributed by atoms with van der Waals surface area (Å²) in [5.41, 5.74) is 2.72. The van der Waals surface area contributed by atoms with E-state index in [2.05, 4.69) is 26.1 Å². The molecule has 2 aromatic rings. The van der Waals surface area contributed by atoms with E-state index in [4.69, 9.17) is 0 Å². The monoisotopic (exact) mass is 285 g/mol. The highest BCUT2D eigenvalue weighted by molar-refractivity contribution is 5.95. The number of hydrogen-bond acceptors (Lipinski definition) is 4. The van der Waals surface area contributed by atoms with Crippen LogP contribution in [0, 0.1) is 6.92 Å². The molecule has 21 heavy (non-hydrogen) atoms. The number of piperazine rings is 1. The summed E-state index contributed by atoms with van der Waals surface area (Å²) < 4.78 is 0. The van der Waals surface area contributed by atoms with E-state index in [-0.39, 0.29) is 5.91 Å². The van der Waals surface area contributed by atoms with Gasteiger partial charge in [-0.05, 0) is 18.6 Å². The molecule has 1 aliphatic rings. The standard InChI is InChI=1S/C15H19N5O/c1-12-14(10-17-18-12)15(21)20-7-5-19(6-8-20)11-13-3-2-4-16-9-13/h2-4,9-10H,5-8,11H2,1H3,(H,17,18). The lowest BCUT2D eigenvalue weighted by molar-refractivity contribution is 0.0627. The van der Waals surface area contributed by atoms with Gasteiger partial charge in [0.2, 0.25) is 0 Å². The van der Waals surface area contributed by atoms with Crippen molar-refractivity contribution in [2.45, 2.75) is 13.5 Å². The lowest BCUT2D eigenvalue weighted by Crippen LogP contribution is -2.48. The van der Waals surface area contributed by atoms with Gasteiger partial charge < -0.3 is 4.90 Å². The minimum atomic E-state index is 0.0716. The Morgan fingerprint density at radius 2 is 2.10 bits per heavy atom. The molecular formula is C15H19N5O. The average molecular weight is 285 g/mol. The molecule has 0 aromatic carbocycles. The van der Waals surface area contributed by atoms with Crippen molar-refractivity contribution in [2.24, 2.45) is 0 Å². The zero-order valence-corrected chi connectivity index (χ0v) is 12.1. The van der Waals surface area contributed by atoms with Crippen LogP contribution in [0.25, 0.3) is 0 Å². The van der Waals surface area contributed by atoms with Gasteiger partial charge in [0.05, 0.1) is 11.8 Å².